The summed E-state index contributed by atoms with van der Waals surface area (Å²) in [4.78, 5) is 20.6. The normalized spacial score (nSPS) is 14.4. The molecule has 180 valence electrons. The van der Waals surface area contributed by atoms with E-state index >= 15 is 0 Å². The van der Waals surface area contributed by atoms with E-state index in [1.807, 2.05) is 61.9 Å². The number of carbonyl (C=O) groups excluding carboxylic acids is 1. The number of halogens is 1. The largest absolute Gasteiger partial charge is 0.444 e. The molecule has 4 rings (SSSR count). The molecular formula is C25H30ClN5O3. The summed E-state index contributed by atoms with van der Waals surface area (Å²) in [6.07, 6.45) is 3.22. The lowest BCUT2D eigenvalue weighted by molar-refractivity contribution is 0.0240. The number of nitrogens with zero attached hydrogens (tertiary/aromatic N) is 5. The first-order valence-corrected chi connectivity index (χ1v) is 11.8. The Bertz CT molecular complexity index is 1120. The van der Waals surface area contributed by atoms with Crippen LogP contribution in [0.3, 0.4) is 0 Å². The molecule has 1 N–H and O–H groups in total. The van der Waals surface area contributed by atoms with Crippen LogP contribution < -0.4 is 4.90 Å². The number of anilines is 1. The zero-order chi connectivity index (χ0) is 24.3. The molecule has 1 amide bonds. The topological polar surface area (TPSA) is 83.7 Å². The minimum absolute atomic E-state index is 0.0378. The van der Waals surface area contributed by atoms with Gasteiger partial charge in [-0.05, 0) is 50.6 Å². The van der Waals surface area contributed by atoms with Gasteiger partial charge in [-0.2, -0.15) is 5.10 Å². The molecule has 9 heteroatoms. The van der Waals surface area contributed by atoms with E-state index in [9.17, 15) is 9.90 Å². The molecule has 1 fully saturated rings. The molecule has 1 aliphatic heterocycles. The Balaban J connectivity index is 1.71. The van der Waals surface area contributed by atoms with Crippen molar-refractivity contribution >= 4 is 23.5 Å². The summed E-state index contributed by atoms with van der Waals surface area (Å²) in [5, 5.41) is 15.3. The number of benzene rings is 1. The van der Waals surface area contributed by atoms with Crippen molar-refractivity contribution in [3.63, 3.8) is 0 Å². The minimum Gasteiger partial charge on any atom is -0.444 e. The van der Waals surface area contributed by atoms with Crippen molar-refractivity contribution in [3.8, 4) is 22.4 Å². The average molecular weight is 484 g/mol. The number of hydrogen-bond acceptors (Lipinski definition) is 6. The van der Waals surface area contributed by atoms with Gasteiger partial charge < -0.3 is 19.6 Å². The summed E-state index contributed by atoms with van der Waals surface area (Å²) >= 11 is 6.14. The van der Waals surface area contributed by atoms with Gasteiger partial charge in [-0.15, -0.1) is 0 Å². The molecule has 1 aliphatic rings. The highest BCUT2D eigenvalue weighted by Crippen LogP contribution is 2.40. The fraction of sp³-hybridized carbons (Fsp3) is 0.400. The zero-order valence-electron chi connectivity index (χ0n) is 19.7. The molecule has 1 aromatic carbocycles. The van der Waals surface area contributed by atoms with E-state index in [0.29, 0.717) is 37.7 Å². The van der Waals surface area contributed by atoms with Gasteiger partial charge in [0.15, 0.2) is 5.82 Å². The van der Waals surface area contributed by atoms with Crippen LogP contribution in [0.2, 0.25) is 5.02 Å². The first kappa shape index (κ1) is 24.0. The van der Waals surface area contributed by atoms with Crippen LogP contribution in [-0.4, -0.2) is 69.3 Å². The molecule has 2 aromatic heterocycles. The van der Waals surface area contributed by atoms with Crippen molar-refractivity contribution in [2.45, 2.75) is 32.9 Å². The molecule has 3 heterocycles. The number of pyridine rings is 1. The summed E-state index contributed by atoms with van der Waals surface area (Å²) in [5.74, 6) is 0.813. The van der Waals surface area contributed by atoms with Gasteiger partial charge >= 0.3 is 6.09 Å². The third-order valence-corrected chi connectivity index (χ3v) is 5.82. The molecule has 0 spiro atoms. The number of hydrogen-bond donors (Lipinski definition) is 1. The molecule has 34 heavy (non-hydrogen) atoms. The second kappa shape index (κ2) is 10.0. The van der Waals surface area contributed by atoms with E-state index in [1.165, 1.54) is 0 Å². The van der Waals surface area contributed by atoms with Gasteiger partial charge in [0, 0.05) is 49.2 Å². The number of rotatable bonds is 5. The third-order valence-electron chi connectivity index (χ3n) is 5.56. The quantitative estimate of drug-likeness (QED) is 0.582. The molecule has 0 unspecified atom stereocenters. The van der Waals surface area contributed by atoms with Crippen molar-refractivity contribution < 1.29 is 14.6 Å². The molecule has 0 saturated carbocycles. The predicted molar refractivity (Wildman–Crippen MR) is 133 cm³/mol. The highest BCUT2D eigenvalue weighted by Gasteiger charge is 2.30. The summed E-state index contributed by atoms with van der Waals surface area (Å²) in [5.41, 5.74) is 3.27. The minimum atomic E-state index is -0.528. The maximum atomic E-state index is 12.5. The van der Waals surface area contributed by atoms with Crippen molar-refractivity contribution in [3.05, 3.63) is 53.8 Å². The number of amides is 1. The second-order valence-corrected chi connectivity index (χ2v) is 9.63. The number of ether oxygens (including phenoxy) is 1. The van der Waals surface area contributed by atoms with Gasteiger partial charge in [-0.3, -0.25) is 9.67 Å². The van der Waals surface area contributed by atoms with Crippen LogP contribution in [0.5, 0.6) is 0 Å². The lowest BCUT2D eigenvalue weighted by Gasteiger charge is -2.36. The first-order valence-electron chi connectivity index (χ1n) is 11.4. The summed E-state index contributed by atoms with van der Waals surface area (Å²) < 4.78 is 7.38. The molecule has 8 nitrogen and oxygen atoms in total. The molecule has 0 radical (unpaired) electrons. The Morgan fingerprint density at radius 2 is 1.68 bits per heavy atom. The monoisotopic (exact) mass is 483 g/mol. The van der Waals surface area contributed by atoms with Crippen molar-refractivity contribution in [2.24, 2.45) is 0 Å². The van der Waals surface area contributed by atoms with Crippen molar-refractivity contribution in [2.75, 3.05) is 37.7 Å². The van der Waals surface area contributed by atoms with Crippen LogP contribution in [0.25, 0.3) is 22.4 Å². The lowest BCUT2D eigenvalue weighted by Crippen LogP contribution is -2.50. The predicted octanol–water partition coefficient (Wildman–Crippen LogP) is 4.31. The Morgan fingerprint density at radius 1 is 1.03 bits per heavy atom. The first-order chi connectivity index (χ1) is 16.3. The third kappa shape index (κ3) is 5.34. The highest BCUT2D eigenvalue weighted by atomic mass is 35.5. The number of piperazine rings is 1. The lowest BCUT2D eigenvalue weighted by atomic mass is 10.0. The Labute approximate surface area is 204 Å². The summed E-state index contributed by atoms with van der Waals surface area (Å²) in [6, 6.07) is 11.5. The number of aromatic nitrogens is 3. The molecule has 1 saturated heterocycles. The van der Waals surface area contributed by atoms with E-state index in [0.717, 1.165) is 28.2 Å². The van der Waals surface area contributed by atoms with Gasteiger partial charge in [0.05, 0.1) is 24.4 Å². The summed E-state index contributed by atoms with van der Waals surface area (Å²) in [7, 11) is 0. The Morgan fingerprint density at radius 3 is 2.26 bits per heavy atom. The zero-order valence-corrected chi connectivity index (χ0v) is 20.5. The van der Waals surface area contributed by atoms with E-state index < -0.39 is 5.60 Å². The van der Waals surface area contributed by atoms with E-state index in [1.54, 1.807) is 17.3 Å². The Hall–Kier alpha value is -3.10. The van der Waals surface area contributed by atoms with E-state index in [-0.39, 0.29) is 12.7 Å². The number of aliphatic hydroxyl groups is 1. The van der Waals surface area contributed by atoms with E-state index in [4.69, 9.17) is 21.4 Å². The average Bonchev–Trinajstić information content (AvgIpc) is 3.18. The fourth-order valence-electron chi connectivity index (χ4n) is 4.04. The molecule has 0 atom stereocenters. The number of aliphatic hydroxyl groups excluding tert-OH is 1. The van der Waals surface area contributed by atoms with E-state index in [2.05, 4.69) is 9.88 Å². The Kier molecular flexibility index (Phi) is 7.09. The standard InChI is InChI=1S/C25H30ClN5O3/c1-25(2,3)34-24(33)30-14-12-29(13-15-30)23-21(18-8-10-27-11-9-18)22(31(28-23)16-17-32)19-4-6-20(26)7-5-19/h4-11,32H,12-17H2,1-3H3. The maximum absolute atomic E-state index is 12.5. The highest BCUT2D eigenvalue weighted by molar-refractivity contribution is 6.30. The van der Waals surface area contributed by atoms with Gasteiger partial charge in [0.2, 0.25) is 0 Å². The van der Waals surface area contributed by atoms with Crippen LogP contribution in [0.4, 0.5) is 10.6 Å². The molecule has 3 aromatic rings. The SMILES string of the molecule is CC(C)(C)OC(=O)N1CCN(c2nn(CCO)c(-c3ccc(Cl)cc3)c2-c2ccncc2)CC1. The number of carbonyl (C=O) groups is 1. The van der Waals surface area contributed by atoms with Gasteiger partial charge in [-0.1, -0.05) is 23.7 Å². The molecular weight excluding hydrogens is 454 g/mol. The second-order valence-electron chi connectivity index (χ2n) is 9.19. The van der Waals surface area contributed by atoms with Gasteiger partial charge in [0.25, 0.3) is 0 Å². The van der Waals surface area contributed by atoms with Crippen LogP contribution in [0, 0.1) is 0 Å². The van der Waals surface area contributed by atoms with Crippen molar-refractivity contribution in [1.29, 1.82) is 0 Å². The van der Waals surface area contributed by atoms with Crippen LogP contribution in [0.1, 0.15) is 20.8 Å². The van der Waals surface area contributed by atoms with Crippen LogP contribution in [-0.2, 0) is 11.3 Å². The van der Waals surface area contributed by atoms with Gasteiger partial charge in [-0.25, -0.2) is 4.79 Å². The van der Waals surface area contributed by atoms with Crippen LogP contribution >= 0.6 is 11.6 Å². The summed E-state index contributed by atoms with van der Waals surface area (Å²) in [6.45, 7) is 8.23. The van der Waals surface area contributed by atoms with Gasteiger partial charge in [0.1, 0.15) is 5.60 Å². The smallest absolute Gasteiger partial charge is 0.410 e. The maximum Gasteiger partial charge on any atom is 0.410 e. The van der Waals surface area contributed by atoms with Crippen LogP contribution in [0.15, 0.2) is 48.8 Å². The fourth-order valence-corrected chi connectivity index (χ4v) is 4.17. The molecule has 0 aliphatic carbocycles. The molecule has 0 bridgehead atoms. The van der Waals surface area contributed by atoms with Crippen molar-refractivity contribution in [1.82, 2.24) is 19.7 Å².